The maximum absolute atomic E-state index is 12.0. The van der Waals surface area contributed by atoms with Crippen molar-refractivity contribution in [3.63, 3.8) is 0 Å². The fourth-order valence-corrected chi connectivity index (χ4v) is 2.18. The second-order valence-corrected chi connectivity index (χ2v) is 5.16. The molecule has 2 fully saturated rings. The van der Waals surface area contributed by atoms with Crippen LogP contribution in [0.15, 0.2) is 0 Å². The Bertz CT molecular complexity index is 231. The SMILES string of the molecule is CC1(C)C[CH]N(C(=O)N2CCCC2)C1. The van der Waals surface area contributed by atoms with Gasteiger partial charge in [-0.3, -0.25) is 0 Å². The van der Waals surface area contributed by atoms with Crippen LogP contribution in [0, 0.1) is 12.0 Å². The predicted molar refractivity (Wildman–Crippen MR) is 55.6 cm³/mol. The fourth-order valence-electron chi connectivity index (χ4n) is 2.18. The van der Waals surface area contributed by atoms with Crippen LogP contribution in [0.25, 0.3) is 0 Å². The minimum absolute atomic E-state index is 0.216. The highest BCUT2D eigenvalue weighted by molar-refractivity contribution is 5.75. The van der Waals surface area contributed by atoms with E-state index < -0.39 is 0 Å². The third-order valence-corrected chi connectivity index (χ3v) is 3.08. The van der Waals surface area contributed by atoms with Crippen molar-refractivity contribution < 1.29 is 4.79 Å². The summed E-state index contributed by atoms with van der Waals surface area (Å²) in [6.45, 7) is 9.25. The lowest BCUT2D eigenvalue weighted by Gasteiger charge is -2.25. The van der Waals surface area contributed by atoms with Crippen LogP contribution in [0.3, 0.4) is 0 Å². The Morgan fingerprint density at radius 1 is 1.29 bits per heavy atom. The van der Waals surface area contributed by atoms with Crippen molar-refractivity contribution in [2.24, 2.45) is 5.41 Å². The third kappa shape index (κ3) is 1.86. The molecule has 2 heterocycles. The zero-order chi connectivity index (χ0) is 10.2. The highest BCUT2D eigenvalue weighted by Crippen LogP contribution is 2.32. The van der Waals surface area contributed by atoms with E-state index in [1.54, 1.807) is 0 Å². The number of hydrogen-bond acceptors (Lipinski definition) is 1. The van der Waals surface area contributed by atoms with Crippen LogP contribution in [0.4, 0.5) is 4.79 Å². The van der Waals surface area contributed by atoms with Crippen LogP contribution in [0.2, 0.25) is 0 Å². The number of nitrogens with zero attached hydrogens (tertiary/aromatic N) is 2. The number of rotatable bonds is 0. The van der Waals surface area contributed by atoms with E-state index in [-0.39, 0.29) is 11.4 Å². The lowest BCUT2D eigenvalue weighted by atomic mass is 9.93. The molecule has 0 aromatic carbocycles. The maximum Gasteiger partial charge on any atom is 0.320 e. The average Bonchev–Trinajstić information content (AvgIpc) is 2.72. The molecule has 2 amide bonds. The molecular weight excluding hydrogens is 176 g/mol. The smallest absolute Gasteiger partial charge is 0.320 e. The van der Waals surface area contributed by atoms with Gasteiger partial charge in [0.15, 0.2) is 0 Å². The molecule has 3 nitrogen and oxygen atoms in total. The molecule has 0 spiro atoms. The van der Waals surface area contributed by atoms with Crippen LogP contribution >= 0.6 is 0 Å². The summed E-state index contributed by atoms with van der Waals surface area (Å²) in [4.78, 5) is 15.8. The van der Waals surface area contributed by atoms with Gasteiger partial charge >= 0.3 is 6.03 Å². The number of carbonyl (C=O) groups is 1. The summed E-state index contributed by atoms with van der Waals surface area (Å²) < 4.78 is 0. The van der Waals surface area contributed by atoms with Gasteiger partial charge in [-0.25, -0.2) is 4.79 Å². The molecule has 79 valence electrons. The number of likely N-dealkylation sites (tertiary alicyclic amines) is 2. The summed E-state index contributed by atoms with van der Waals surface area (Å²) in [5, 5.41) is 0. The minimum atomic E-state index is 0.216. The first-order valence-corrected chi connectivity index (χ1v) is 5.47. The van der Waals surface area contributed by atoms with E-state index in [1.165, 1.54) is 12.8 Å². The molecule has 0 aromatic rings. The van der Waals surface area contributed by atoms with Crippen LogP contribution < -0.4 is 0 Å². The zero-order valence-corrected chi connectivity index (χ0v) is 9.12. The first-order valence-electron chi connectivity index (χ1n) is 5.47. The van der Waals surface area contributed by atoms with Gasteiger partial charge in [0.25, 0.3) is 0 Å². The van der Waals surface area contributed by atoms with Crippen molar-refractivity contribution in [3.05, 3.63) is 6.54 Å². The normalized spacial score (nSPS) is 25.9. The van der Waals surface area contributed by atoms with Gasteiger partial charge in [-0.1, -0.05) is 13.8 Å². The molecule has 3 heteroatoms. The summed E-state index contributed by atoms with van der Waals surface area (Å²) in [7, 11) is 0. The molecule has 0 aromatic heterocycles. The van der Waals surface area contributed by atoms with Crippen LogP contribution in [0.5, 0.6) is 0 Å². The molecule has 2 aliphatic rings. The van der Waals surface area contributed by atoms with Crippen molar-refractivity contribution in [2.75, 3.05) is 19.6 Å². The molecule has 2 rings (SSSR count). The number of carbonyl (C=O) groups excluding carboxylic acids is 1. The van der Waals surface area contributed by atoms with Crippen LogP contribution in [-0.2, 0) is 0 Å². The summed E-state index contributed by atoms with van der Waals surface area (Å²) in [5.41, 5.74) is 0.273. The van der Waals surface area contributed by atoms with Gasteiger partial charge in [0.2, 0.25) is 0 Å². The Hall–Kier alpha value is -0.730. The highest BCUT2D eigenvalue weighted by atomic mass is 16.2. The Kier molecular flexibility index (Phi) is 2.41. The van der Waals surface area contributed by atoms with Gasteiger partial charge in [-0.2, -0.15) is 0 Å². The standard InChI is InChI=1S/C11H19N2O/c1-11(2)5-8-13(9-11)10(14)12-6-3-4-7-12/h8H,3-7,9H2,1-2H3. The van der Waals surface area contributed by atoms with Crippen molar-refractivity contribution in [1.82, 2.24) is 9.80 Å². The van der Waals surface area contributed by atoms with Crippen molar-refractivity contribution in [3.8, 4) is 0 Å². The zero-order valence-electron chi connectivity index (χ0n) is 9.12. The molecule has 0 unspecified atom stereocenters. The van der Waals surface area contributed by atoms with Crippen molar-refractivity contribution in [2.45, 2.75) is 33.1 Å². The Labute approximate surface area is 86.1 Å². The molecule has 1 radical (unpaired) electrons. The predicted octanol–water partition coefficient (Wildman–Crippen LogP) is 2.10. The summed E-state index contributed by atoms with van der Waals surface area (Å²) >= 11 is 0. The molecule has 2 aliphatic heterocycles. The molecule has 0 N–H and O–H groups in total. The fraction of sp³-hybridized carbons (Fsp3) is 0.818. The van der Waals surface area contributed by atoms with E-state index in [1.807, 2.05) is 9.80 Å². The Morgan fingerprint density at radius 2 is 1.93 bits per heavy atom. The van der Waals surface area contributed by atoms with Crippen molar-refractivity contribution >= 4 is 6.03 Å². The van der Waals surface area contributed by atoms with E-state index in [9.17, 15) is 4.79 Å². The average molecular weight is 195 g/mol. The van der Waals surface area contributed by atoms with Gasteiger partial charge in [-0.05, 0) is 24.7 Å². The van der Waals surface area contributed by atoms with Gasteiger partial charge in [0.05, 0.1) is 6.54 Å². The number of hydrogen-bond donors (Lipinski definition) is 0. The molecule has 0 saturated carbocycles. The quantitative estimate of drug-likeness (QED) is 0.580. The van der Waals surface area contributed by atoms with Crippen LogP contribution in [-0.4, -0.2) is 35.5 Å². The van der Waals surface area contributed by atoms with Gasteiger partial charge in [0.1, 0.15) is 0 Å². The molecule has 0 aliphatic carbocycles. The highest BCUT2D eigenvalue weighted by Gasteiger charge is 2.34. The van der Waals surface area contributed by atoms with Gasteiger partial charge in [0, 0.05) is 19.6 Å². The van der Waals surface area contributed by atoms with E-state index in [2.05, 4.69) is 20.4 Å². The largest absolute Gasteiger partial charge is 0.325 e. The monoisotopic (exact) mass is 195 g/mol. The van der Waals surface area contributed by atoms with Crippen molar-refractivity contribution in [1.29, 1.82) is 0 Å². The minimum Gasteiger partial charge on any atom is -0.325 e. The second-order valence-electron chi connectivity index (χ2n) is 5.16. The lowest BCUT2D eigenvalue weighted by Crippen LogP contribution is -2.39. The lowest BCUT2D eigenvalue weighted by molar-refractivity contribution is 0.174. The molecule has 0 bridgehead atoms. The topological polar surface area (TPSA) is 23.6 Å². The van der Waals surface area contributed by atoms with Crippen LogP contribution in [0.1, 0.15) is 33.1 Å². The van der Waals surface area contributed by atoms with Gasteiger partial charge < -0.3 is 9.80 Å². The first kappa shape index (κ1) is 9.81. The third-order valence-electron chi connectivity index (χ3n) is 3.08. The van der Waals surface area contributed by atoms with E-state index in [0.29, 0.717) is 0 Å². The van der Waals surface area contributed by atoms with E-state index in [0.717, 1.165) is 26.1 Å². The number of amides is 2. The Morgan fingerprint density at radius 3 is 2.43 bits per heavy atom. The molecule has 14 heavy (non-hydrogen) atoms. The number of urea groups is 1. The second kappa shape index (κ2) is 3.44. The summed E-state index contributed by atoms with van der Waals surface area (Å²) in [6.07, 6.45) is 3.36. The maximum atomic E-state index is 12.0. The summed E-state index contributed by atoms with van der Waals surface area (Å²) in [6, 6.07) is 0.216. The molecule has 0 atom stereocenters. The molecule has 2 saturated heterocycles. The Balaban J connectivity index is 1.92. The summed E-state index contributed by atoms with van der Waals surface area (Å²) in [5.74, 6) is 0. The van der Waals surface area contributed by atoms with E-state index >= 15 is 0 Å². The first-order chi connectivity index (χ1) is 6.58. The van der Waals surface area contributed by atoms with E-state index in [4.69, 9.17) is 0 Å². The van der Waals surface area contributed by atoms with Gasteiger partial charge in [-0.15, -0.1) is 0 Å². The molecular formula is C11H19N2O.